The Hall–Kier alpha value is -2.64. The molecule has 0 radical (unpaired) electrons. The molecule has 0 aliphatic heterocycles. The largest absolute Gasteiger partial charge is 0.480 e. The fraction of sp³-hybridized carbons (Fsp3) is 0.467. The zero-order valence-electron chi connectivity index (χ0n) is 13.3. The van der Waals surface area contributed by atoms with E-state index in [1.54, 1.807) is 13.0 Å². The van der Waals surface area contributed by atoms with Crippen molar-refractivity contribution in [3.63, 3.8) is 0 Å². The van der Waals surface area contributed by atoms with Crippen molar-refractivity contribution < 1.29 is 19.5 Å². The van der Waals surface area contributed by atoms with Gasteiger partial charge in [0.05, 0.1) is 0 Å². The van der Waals surface area contributed by atoms with Crippen LogP contribution in [-0.2, 0) is 19.9 Å². The molecule has 0 saturated heterocycles. The van der Waals surface area contributed by atoms with Crippen molar-refractivity contribution in [1.29, 1.82) is 0 Å². The van der Waals surface area contributed by atoms with Crippen LogP contribution in [0.5, 0.6) is 0 Å². The van der Waals surface area contributed by atoms with Gasteiger partial charge in [-0.25, -0.2) is 4.79 Å². The number of hydrogen-bond acceptors (Lipinski definition) is 4. The first-order valence-electron chi connectivity index (χ1n) is 7.07. The molecule has 1 unspecified atom stereocenters. The number of nitrogens with zero attached hydrogens (tertiary/aromatic N) is 1. The number of pyridine rings is 1. The summed E-state index contributed by atoms with van der Waals surface area (Å²) in [7, 11) is 0. The number of aryl methyl sites for hydroxylation is 1. The summed E-state index contributed by atoms with van der Waals surface area (Å²) in [6.07, 6.45) is 1.25. The lowest BCUT2D eigenvalue weighted by Gasteiger charge is -2.28. The van der Waals surface area contributed by atoms with Crippen LogP contribution in [0.15, 0.2) is 23.1 Å². The number of nitrogens with one attached hydrogen (secondary N) is 1. The number of carboxylic acid groups (broad SMARTS) is 1. The van der Waals surface area contributed by atoms with Crippen LogP contribution in [0.1, 0.15) is 32.3 Å². The minimum absolute atomic E-state index is 0.116. The minimum atomic E-state index is -1.29. The summed E-state index contributed by atoms with van der Waals surface area (Å²) in [6, 6.07) is 1.71. The molecule has 2 amide bonds. The van der Waals surface area contributed by atoms with Crippen molar-refractivity contribution in [1.82, 2.24) is 9.88 Å². The third-order valence-electron chi connectivity index (χ3n) is 3.50. The summed E-state index contributed by atoms with van der Waals surface area (Å²) in [5.74, 6) is -2.56. The van der Waals surface area contributed by atoms with Crippen molar-refractivity contribution in [2.75, 3.05) is 0 Å². The number of carbonyl (C=O) groups is 3. The van der Waals surface area contributed by atoms with Crippen LogP contribution < -0.4 is 16.6 Å². The highest BCUT2D eigenvalue weighted by Crippen LogP contribution is 2.14. The van der Waals surface area contributed by atoms with Gasteiger partial charge in [0.1, 0.15) is 11.6 Å². The quantitative estimate of drug-likeness (QED) is 0.635. The Morgan fingerprint density at radius 2 is 1.96 bits per heavy atom. The highest BCUT2D eigenvalue weighted by atomic mass is 16.4. The number of carboxylic acids is 1. The van der Waals surface area contributed by atoms with Gasteiger partial charge in [-0.1, -0.05) is 6.07 Å². The van der Waals surface area contributed by atoms with Crippen LogP contribution in [-0.4, -0.2) is 33.5 Å². The molecule has 8 heteroatoms. The molecule has 0 fully saturated rings. The number of carbonyl (C=O) groups excluding carboxylic acids is 2. The molecule has 1 rings (SSSR count). The topological polar surface area (TPSA) is 131 Å². The van der Waals surface area contributed by atoms with E-state index in [9.17, 15) is 19.2 Å². The van der Waals surface area contributed by atoms with Crippen LogP contribution in [0.4, 0.5) is 0 Å². The lowest BCUT2D eigenvalue weighted by molar-refractivity contribution is -0.143. The third kappa shape index (κ3) is 4.67. The number of rotatable bonds is 7. The molecule has 1 heterocycles. The highest BCUT2D eigenvalue weighted by molar-refractivity contribution is 5.88. The van der Waals surface area contributed by atoms with Gasteiger partial charge < -0.3 is 20.7 Å². The van der Waals surface area contributed by atoms with Crippen LogP contribution in [0.2, 0.25) is 0 Å². The molecule has 23 heavy (non-hydrogen) atoms. The van der Waals surface area contributed by atoms with Crippen molar-refractivity contribution in [2.45, 2.75) is 45.2 Å². The zero-order valence-corrected chi connectivity index (χ0v) is 13.3. The lowest BCUT2D eigenvalue weighted by Crippen LogP contribution is -2.53. The molecule has 0 saturated carbocycles. The number of aromatic nitrogens is 1. The van der Waals surface area contributed by atoms with Gasteiger partial charge in [-0.2, -0.15) is 0 Å². The SMILES string of the molecule is Cc1ccc(=O)n(C(C)(C)C(=O)NC(CCC(N)=O)C(=O)O)c1. The Morgan fingerprint density at radius 3 is 2.48 bits per heavy atom. The van der Waals surface area contributed by atoms with Crippen molar-refractivity contribution >= 4 is 17.8 Å². The Kier molecular flexibility index (Phi) is 5.67. The first kappa shape index (κ1) is 18.4. The summed E-state index contributed by atoms with van der Waals surface area (Å²) >= 11 is 0. The minimum Gasteiger partial charge on any atom is -0.480 e. The maximum absolute atomic E-state index is 12.4. The second kappa shape index (κ2) is 7.08. The van der Waals surface area contributed by atoms with Gasteiger partial charge in [-0.3, -0.25) is 14.4 Å². The van der Waals surface area contributed by atoms with Crippen LogP contribution in [0, 0.1) is 6.92 Å². The Morgan fingerprint density at radius 1 is 1.35 bits per heavy atom. The maximum Gasteiger partial charge on any atom is 0.326 e. The van der Waals surface area contributed by atoms with E-state index in [1.165, 1.54) is 30.7 Å². The molecule has 0 aliphatic carbocycles. The second-order valence-corrected chi connectivity index (χ2v) is 5.84. The van der Waals surface area contributed by atoms with Crippen molar-refractivity contribution in [3.8, 4) is 0 Å². The predicted molar refractivity (Wildman–Crippen MR) is 82.8 cm³/mol. The smallest absolute Gasteiger partial charge is 0.326 e. The second-order valence-electron chi connectivity index (χ2n) is 5.84. The Bertz CT molecular complexity index is 678. The van der Waals surface area contributed by atoms with E-state index in [0.717, 1.165) is 5.56 Å². The van der Waals surface area contributed by atoms with Gasteiger partial charge in [-0.15, -0.1) is 0 Å². The maximum atomic E-state index is 12.4. The third-order valence-corrected chi connectivity index (χ3v) is 3.50. The number of nitrogens with two attached hydrogens (primary N) is 1. The van der Waals surface area contributed by atoms with E-state index in [2.05, 4.69) is 5.32 Å². The molecule has 0 aromatic carbocycles. The number of amides is 2. The molecule has 0 aliphatic rings. The van der Waals surface area contributed by atoms with Crippen LogP contribution >= 0.6 is 0 Å². The summed E-state index contributed by atoms with van der Waals surface area (Å²) in [5, 5.41) is 11.5. The number of aliphatic carboxylic acids is 1. The molecule has 0 bridgehead atoms. The number of primary amides is 1. The average Bonchev–Trinajstić information content (AvgIpc) is 2.44. The first-order valence-corrected chi connectivity index (χ1v) is 7.07. The van der Waals surface area contributed by atoms with Crippen molar-refractivity contribution in [3.05, 3.63) is 34.2 Å². The molecule has 8 nitrogen and oxygen atoms in total. The van der Waals surface area contributed by atoms with E-state index in [4.69, 9.17) is 10.8 Å². The molecular weight excluding hydrogens is 302 g/mol. The summed E-state index contributed by atoms with van der Waals surface area (Å²) in [6.45, 7) is 4.79. The predicted octanol–water partition coefficient (Wildman–Crippen LogP) is -0.273. The lowest BCUT2D eigenvalue weighted by atomic mass is 10.0. The summed E-state index contributed by atoms with van der Waals surface area (Å²) < 4.78 is 1.24. The van der Waals surface area contributed by atoms with Gasteiger partial charge in [0.15, 0.2) is 0 Å². The number of hydrogen-bond donors (Lipinski definition) is 3. The van der Waals surface area contributed by atoms with E-state index in [0.29, 0.717) is 0 Å². The molecule has 1 atom stereocenters. The molecule has 1 aromatic heterocycles. The fourth-order valence-corrected chi connectivity index (χ4v) is 2.02. The Labute approximate surface area is 133 Å². The van der Waals surface area contributed by atoms with Gasteiger partial charge in [-0.05, 0) is 32.8 Å². The van der Waals surface area contributed by atoms with Crippen LogP contribution in [0.25, 0.3) is 0 Å². The molecule has 126 valence electrons. The van der Waals surface area contributed by atoms with E-state index >= 15 is 0 Å². The van der Waals surface area contributed by atoms with Crippen molar-refractivity contribution in [2.24, 2.45) is 5.73 Å². The van der Waals surface area contributed by atoms with Gasteiger partial charge in [0, 0.05) is 18.7 Å². The average molecular weight is 323 g/mol. The first-order chi connectivity index (χ1) is 10.6. The normalized spacial score (nSPS) is 12.5. The summed E-state index contributed by atoms with van der Waals surface area (Å²) in [4.78, 5) is 46.4. The summed E-state index contributed by atoms with van der Waals surface area (Å²) in [5.41, 5.74) is 4.12. The van der Waals surface area contributed by atoms with E-state index in [-0.39, 0.29) is 18.4 Å². The van der Waals surface area contributed by atoms with Gasteiger partial charge >= 0.3 is 5.97 Å². The van der Waals surface area contributed by atoms with E-state index < -0.39 is 29.4 Å². The molecule has 0 spiro atoms. The van der Waals surface area contributed by atoms with Gasteiger partial charge in [0.2, 0.25) is 11.8 Å². The highest BCUT2D eigenvalue weighted by Gasteiger charge is 2.33. The fourth-order valence-electron chi connectivity index (χ4n) is 2.02. The van der Waals surface area contributed by atoms with Gasteiger partial charge in [0.25, 0.3) is 5.56 Å². The monoisotopic (exact) mass is 323 g/mol. The molecular formula is C15H21N3O5. The van der Waals surface area contributed by atoms with E-state index in [1.807, 2.05) is 0 Å². The molecule has 4 N–H and O–H groups in total. The Balaban J connectivity index is 3.00. The molecule has 1 aromatic rings. The standard InChI is InChI=1S/C15H21N3O5/c1-9-4-7-12(20)18(8-9)15(2,3)14(23)17-10(13(21)22)5-6-11(16)19/h4,7-8,10H,5-6H2,1-3H3,(H2,16,19)(H,17,23)(H,21,22). The van der Waals surface area contributed by atoms with Crippen LogP contribution in [0.3, 0.4) is 0 Å². The zero-order chi connectivity index (χ0) is 17.8.